The zero-order chi connectivity index (χ0) is 19.5. The number of carboxylic acids is 1. The van der Waals surface area contributed by atoms with Gasteiger partial charge >= 0.3 is 5.97 Å². The number of aromatic nitrogens is 2. The predicted molar refractivity (Wildman–Crippen MR) is 102 cm³/mol. The summed E-state index contributed by atoms with van der Waals surface area (Å²) in [5.74, 6) is -1.68. The molecule has 0 bridgehead atoms. The van der Waals surface area contributed by atoms with Crippen molar-refractivity contribution in [1.29, 1.82) is 0 Å². The minimum absolute atomic E-state index is 0.0675. The van der Waals surface area contributed by atoms with Crippen LogP contribution in [0, 0.1) is 11.2 Å². The van der Waals surface area contributed by atoms with Gasteiger partial charge in [-0.05, 0) is 24.0 Å². The fourth-order valence-corrected chi connectivity index (χ4v) is 3.93. The molecule has 1 fully saturated rings. The molecule has 0 amide bonds. The molecule has 1 aliphatic heterocycles. The summed E-state index contributed by atoms with van der Waals surface area (Å²) in [5.41, 5.74) is 0.449. The lowest BCUT2D eigenvalue weighted by Gasteiger charge is -2.23. The number of carbonyl (C=O) groups is 1. The van der Waals surface area contributed by atoms with E-state index in [2.05, 4.69) is 18.8 Å². The van der Waals surface area contributed by atoms with Crippen molar-refractivity contribution in [3.8, 4) is 0 Å². The van der Waals surface area contributed by atoms with Crippen molar-refractivity contribution in [3.63, 3.8) is 0 Å². The van der Waals surface area contributed by atoms with E-state index in [9.17, 15) is 19.1 Å². The van der Waals surface area contributed by atoms with Crippen molar-refractivity contribution < 1.29 is 14.3 Å². The second-order valence-corrected chi connectivity index (χ2v) is 7.93. The van der Waals surface area contributed by atoms with Crippen molar-refractivity contribution in [2.45, 2.75) is 20.3 Å². The summed E-state index contributed by atoms with van der Waals surface area (Å²) in [6.07, 6.45) is 3.73. The van der Waals surface area contributed by atoms with Gasteiger partial charge in [0.15, 0.2) is 0 Å². The molecule has 1 aliphatic rings. The molecular weight excluding hydrogens is 349 g/mol. The van der Waals surface area contributed by atoms with Crippen molar-refractivity contribution in [2.24, 2.45) is 12.5 Å². The quantitative estimate of drug-likeness (QED) is 0.703. The van der Waals surface area contributed by atoms with Crippen molar-refractivity contribution in [1.82, 2.24) is 9.55 Å². The predicted octanol–water partition coefficient (Wildman–Crippen LogP) is 3.16. The average molecular weight is 369 g/mol. The molecule has 1 aromatic carbocycles. The molecule has 2 aromatic heterocycles. The Balaban J connectivity index is 2.08. The fourth-order valence-electron chi connectivity index (χ4n) is 3.93. The highest BCUT2D eigenvalue weighted by atomic mass is 19.1. The molecule has 4 rings (SSSR count). The van der Waals surface area contributed by atoms with Crippen LogP contribution in [0.15, 0.2) is 29.3 Å². The van der Waals surface area contributed by atoms with E-state index in [1.807, 2.05) is 4.90 Å². The number of carboxylic acid groups (broad SMARTS) is 1. The first-order valence-electron chi connectivity index (χ1n) is 8.78. The molecule has 1 saturated heterocycles. The van der Waals surface area contributed by atoms with Gasteiger partial charge in [-0.3, -0.25) is 9.78 Å². The van der Waals surface area contributed by atoms with Crippen LogP contribution in [-0.2, 0) is 7.05 Å². The van der Waals surface area contributed by atoms with Crippen molar-refractivity contribution >= 4 is 33.5 Å². The largest absolute Gasteiger partial charge is 0.477 e. The monoisotopic (exact) mass is 369 g/mol. The van der Waals surface area contributed by atoms with E-state index in [1.165, 1.54) is 24.5 Å². The Morgan fingerprint density at radius 3 is 2.70 bits per heavy atom. The molecular formula is C20H20FN3O3. The summed E-state index contributed by atoms with van der Waals surface area (Å²) in [6.45, 7) is 5.66. The SMILES string of the molecule is Cn1cc(C(=O)O)c(=O)c2c3ccc(F)c(N4CCC(C)(C)C4)c3ncc21. The molecule has 3 aromatic rings. The molecule has 27 heavy (non-hydrogen) atoms. The molecule has 0 spiro atoms. The van der Waals surface area contributed by atoms with Gasteiger partial charge in [0.2, 0.25) is 5.43 Å². The Bertz CT molecular complexity index is 1170. The average Bonchev–Trinajstić information content (AvgIpc) is 2.96. The number of nitrogens with zero attached hydrogens (tertiary/aromatic N) is 3. The number of aryl methyl sites for hydroxylation is 1. The second kappa shape index (κ2) is 5.77. The normalized spacial score (nSPS) is 16.4. The smallest absolute Gasteiger partial charge is 0.341 e. The van der Waals surface area contributed by atoms with Crippen LogP contribution in [0.5, 0.6) is 0 Å². The first kappa shape index (κ1) is 17.5. The molecule has 0 unspecified atom stereocenters. The zero-order valence-electron chi connectivity index (χ0n) is 15.4. The third kappa shape index (κ3) is 2.65. The highest BCUT2D eigenvalue weighted by molar-refractivity contribution is 6.09. The number of aromatic carboxylic acids is 1. The van der Waals surface area contributed by atoms with E-state index in [-0.39, 0.29) is 16.4 Å². The van der Waals surface area contributed by atoms with Crippen molar-refractivity contribution in [2.75, 3.05) is 18.0 Å². The molecule has 0 atom stereocenters. The number of hydrogen-bond donors (Lipinski definition) is 1. The standard InChI is InChI=1S/C20H20FN3O3/c1-20(2)6-7-24(10-20)17-13(21)5-4-11-15-14(8-22-16(11)17)23(3)9-12(18(15)25)19(26)27/h4-5,8-9H,6-7,10H2,1-3H3,(H,26,27). The van der Waals surface area contributed by atoms with Gasteiger partial charge < -0.3 is 14.6 Å². The number of rotatable bonds is 2. The summed E-state index contributed by atoms with van der Waals surface area (Å²) < 4.78 is 16.3. The summed E-state index contributed by atoms with van der Waals surface area (Å²) in [7, 11) is 1.66. The Hall–Kier alpha value is -2.96. The minimum Gasteiger partial charge on any atom is -0.477 e. The van der Waals surface area contributed by atoms with Crippen LogP contribution in [0.25, 0.3) is 21.8 Å². The van der Waals surface area contributed by atoms with E-state index >= 15 is 0 Å². The Morgan fingerprint density at radius 1 is 1.33 bits per heavy atom. The van der Waals surface area contributed by atoms with Gasteiger partial charge in [0.1, 0.15) is 11.4 Å². The topological polar surface area (TPSA) is 75.4 Å². The van der Waals surface area contributed by atoms with Crippen LogP contribution >= 0.6 is 0 Å². The lowest BCUT2D eigenvalue weighted by molar-refractivity contribution is 0.0695. The lowest BCUT2D eigenvalue weighted by atomic mass is 9.93. The number of pyridine rings is 2. The first-order valence-corrected chi connectivity index (χ1v) is 8.78. The van der Waals surface area contributed by atoms with Crippen LogP contribution in [0.3, 0.4) is 0 Å². The molecule has 0 saturated carbocycles. The van der Waals surface area contributed by atoms with Gasteiger partial charge in [-0.15, -0.1) is 0 Å². The Morgan fingerprint density at radius 2 is 2.07 bits per heavy atom. The van der Waals surface area contributed by atoms with Gasteiger partial charge in [-0.1, -0.05) is 13.8 Å². The van der Waals surface area contributed by atoms with E-state index in [0.29, 0.717) is 35.2 Å². The van der Waals surface area contributed by atoms with Gasteiger partial charge in [-0.25, -0.2) is 9.18 Å². The first-order chi connectivity index (χ1) is 12.7. The maximum atomic E-state index is 14.8. The van der Waals surface area contributed by atoms with E-state index in [0.717, 1.165) is 6.42 Å². The van der Waals surface area contributed by atoms with Crippen LogP contribution in [0.1, 0.15) is 30.6 Å². The molecule has 140 valence electrons. The fraction of sp³-hybridized carbons (Fsp3) is 0.350. The minimum atomic E-state index is -1.29. The van der Waals surface area contributed by atoms with E-state index in [1.54, 1.807) is 11.6 Å². The van der Waals surface area contributed by atoms with Gasteiger partial charge in [-0.2, -0.15) is 0 Å². The molecule has 0 aliphatic carbocycles. The summed E-state index contributed by atoms with van der Waals surface area (Å²) in [4.78, 5) is 30.7. The zero-order valence-corrected chi connectivity index (χ0v) is 15.4. The van der Waals surface area contributed by atoms with Gasteiger partial charge in [0.05, 0.1) is 28.3 Å². The lowest BCUT2D eigenvalue weighted by Crippen LogP contribution is -2.24. The van der Waals surface area contributed by atoms with Gasteiger partial charge in [0.25, 0.3) is 0 Å². The number of anilines is 1. The number of halogens is 1. The summed E-state index contributed by atoms with van der Waals surface area (Å²) in [5, 5.41) is 10.1. The molecule has 7 heteroatoms. The number of hydrogen-bond acceptors (Lipinski definition) is 4. The van der Waals surface area contributed by atoms with E-state index in [4.69, 9.17) is 0 Å². The van der Waals surface area contributed by atoms with Crippen LogP contribution < -0.4 is 10.3 Å². The number of fused-ring (bicyclic) bond motifs is 3. The third-order valence-electron chi connectivity index (χ3n) is 5.34. The summed E-state index contributed by atoms with van der Waals surface area (Å²) >= 11 is 0. The third-order valence-corrected chi connectivity index (χ3v) is 5.34. The highest BCUT2D eigenvalue weighted by Crippen LogP contribution is 2.38. The molecule has 6 nitrogen and oxygen atoms in total. The summed E-state index contributed by atoms with van der Waals surface area (Å²) in [6, 6.07) is 2.84. The maximum Gasteiger partial charge on any atom is 0.341 e. The second-order valence-electron chi connectivity index (χ2n) is 7.93. The van der Waals surface area contributed by atoms with Crippen LogP contribution in [-0.4, -0.2) is 33.7 Å². The van der Waals surface area contributed by atoms with Crippen LogP contribution in [0.4, 0.5) is 10.1 Å². The van der Waals surface area contributed by atoms with Gasteiger partial charge in [0, 0.05) is 31.7 Å². The van der Waals surface area contributed by atoms with Crippen molar-refractivity contribution in [3.05, 3.63) is 46.1 Å². The van der Waals surface area contributed by atoms with E-state index < -0.39 is 17.2 Å². The molecule has 0 radical (unpaired) electrons. The Labute approximate surface area is 154 Å². The highest BCUT2D eigenvalue weighted by Gasteiger charge is 2.32. The molecule has 3 heterocycles. The number of benzene rings is 1. The van der Waals surface area contributed by atoms with Crippen LogP contribution in [0.2, 0.25) is 0 Å². The Kier molecular flexibility index (Phi) is 3.73. The maximum absolute atomic E-state index is 14.8. The molecule has 1 N–H and O–H groups in total.